The maximum Gasteiger partial charge on any atom is 0.408 e. The van der Waals surface area contributed by atoms with E-state index < -0.39 is 17.7 Å². The van der Waals surface area contributed by atoms with Gasteiger partial charge in [-0.15, -0.1) is 11.3 Å². The van der Waals surface area contributed by atoms with Crippen molar-refractivity contribution in [3.8, 4) is 0 Å². The van der Waals surface area contributed by atoms with Crippen molar-refractivity contribution in [3.05, 3.63) is 15.6 Å². The van der Waals surface area contributed by atoms with Gasteiger partial charge < -0.3 is 14.8 Å². The summed E-state index contributed by atoms with van der Waals surface area (Å²) in [5, 5.41) is 3.54. The van der Waals surface area contributed by atoms with Crippen LogP contribution >= 0.6 is 11.3 Å². The van der Waals surface area contributed by atoms with Crippen molar-refractivity contribution in [2.24, 2.45) is 5.92 Å². The fourth-order valence-corrected chi connectivity index (χ4v) is 2.97. The molecule has 1 rings (SSSR count). The number of methoxy groups -OCH3 is 1. The summed E-state index contributed by atoms with van der Waals surface area (Å²) in [6.45, 7) is 11.4. The van der Waals surface area contributed by atoms with E-state index in [-0.39, 0.29) is 6.04 Å². The first-order valence-corrected chi connectivity index (χ1v) is 8.40. The SMILES string of the molecule is COC(=O)c1nc(C(CC(C)C)NC(=O)OC(C)(C)C)sc1C. The molecule has 0 bridgehead atoms. The standard InChI is InChI=1S/C16H26N2O4S/c1-9(2)8-11(17-15(20)22-16(4,5)6)13-18-12(10(3)23-13)14(19)21-7/h9,11H,8H2,1-7H3,(H,17,20). The minimum atomic E-state index is -0.567. The number of ether oxygens (including phenoxy) is 2. The number of hydrogen-bond donors (Lipinski definition) is 1. The summed E-state index contributed by atoms with van der Waals surface area (Å²) >= 11 is 1.39. The van der Waals surface area contributed by atoms with Gasteiger partial charge in [-0.25, -0.2) is 14.6 Å². The topological polar surface area (TPSA) is 77.5 Å². The maximum atomic E-state index is 12.1. The second kappa shape index (κ2) is 7.77. The molecule has 7 heteroatoms. The van der Waals surface area contributed by atoms with Crippen LogP contribution in [0.5, 0.6) is 0 Å². The summed E-state index contributed by atoms with van der Waals surface area (Å²) in [6, 6.07) is -0.299. The molecule has 6 nitrogen and oxygen atoms in total. The fourth-order valence-electron chi connectivity index (χ4n) is 1.99. The molecule has 0 spiro atoms. The van der Waals surface area contributed by atoms with Crippen LogP contribution in [0.25, 0.3) is 0 Å². The van der Waals surface area contributed by atoms with Gasteiger partial charge >= 0.3 is 12.1 Å². The van der Waals surface area contributed by atoms with Crippen molar-refractivity contribution in [2.75, 3.05) is 7.11 Å². The predicted octanol–water partition coefficient (Wildman–Crippen LogP) is 3.85. The number of carbonyl (C=O) groups excluding carboxylic acids is 2. The number of esters is 1. The largest absolute Gasteiger partial charge is 0.464 e. The number of thiazole rings is 1. The second-order valence-electron chi connectivity index (χ2n) is 6.78. The highest BCUT2D eigenvalue weighted by Gasteiger charge is 2.25. The predicted molar refractivity (Wildman–Crippen MR) is 89.8 cm³/mol. The van der Waals surface area contributed by atoms with Crippen LogP contribution in [-0.4, -0.2) is 29.8 Å². The Bertz CT molecular complexity index is 561. The van der Waals surface area contributed by atoms with Crippen molar-refractivity contribution < 1.29 is 19.1 Å². The Morgan fingerprint density at radius 3 is 2.39 bits per heavy atom. The Morgan fingerprint density at radius 2 is 1.91 bits per heavy atom. The van der Waals surface area contributed by atoms with Gasteiger partial charge in [-0.3, -0.25) is 0 Å². The highest BCUT2D eigenvalue weighted by molar-refractivity contribution is 7.12. The first kappa shape index (κ1) is 19.4. The Morgan fingerprint density at radius 1 is 1.30 bits per heavy atom. The lowest BCUT2D eigenvalue weighted by Gasteiger charge is -2.23. The number of nitrogens with zero attached hydrogens (tertiary/aromatic N) is 1. The van der Waals surface area contributed by atoms with Crippen LogP contribution in [0.3, 0.4) is 0 Å². The molecule has 130 valence electrons. The molecule has 0 saturated carbocycles. The van der Waals surface area contributed by atoms with Gasteiger partial charge in [0.1, 0.15) is 10.6 Å². The molecule has 1 aromatic rings. The molecule has 23 heavy (non-hydrogen) atoms. The van der Waals surface area contributed by atoms with Gasteiger partial charge in [0.15, 0.2) is 5.69 Å². The van der Waals surface area contributed by atoms with E-state index in [2.05, 4.69) is 24.1 Å². The molecule has 0 aromatic carbocycles. The number of hydrogen-bond acceptors (Lipinski definition) is 6. The number of aromatic nitrogens is 1. The van der Waals surface area contributed by atoms with Crippen molar-refractivity contribution in [1.82, 2.24) is 10.3 Å². The number of rotatable bonds is 5. The van der Waals surface area contributed by atoms with Gasteiger partial charge in [-0.1, -0.05) is 13.8 Å². The minimum absolute atomic E-state index is 0.298. The van der Waals surface area contributed by atoms with E-state index in [0.717, 1.165) is 4.88 Å². The average Bonchev–Trinajstić information content (AvgIpc) is 2.76. The number of nitrogens with one attached hydrogen (secondary N) is 1. The third kappa shape index (κ3) is 6.17. The van der Waals surface area contributed by atoms with E-state index in [1.165, 1.54) is 18.4 Å². The van der Waals surface area contributed by atoms with Crippen LogP contribution in [0, 0.1) is 12.8 Å². The smallest absolute Gasteiger partial charge is 0.408 e. The lowest BCUT2D eigenvalue weighted by atomic mass is 10.0. The van der Waals surface area contributed by atoms with Crippen molar-refractivity contribution in [1.29, 1.82) is 0 Å². The summed E-state index contributed by atoms with van der Waals surface area (Å²) < 4.78 is 10.0. The quantitative estimate of drug-likeness (QED) is 0.822. The van der Waals surface area contributed by atoms with E-state index in [1.54, 1.807) is 0 Å². The molecule has 0 aliphatic carbocycles. The van der Waals surface area contributed by atoms with Gasteiger partial charge in [0.25, 0.3) is 0 Å². The average molecular weight is 342 g/mol. The van der Waals surface area contributed by atoms with Crippen LogP contribution in [0.15, 0.2) is 0 Å². The fraction of sp³-hybridized carbons (Fsp3) is 0.688. The minimum Gasteiger partial charge on any atom is -0.464 e. The molecule has 1 N–H and O–H groups in total. The number of alkyl carbamates (subject to hydrolysis) is 1. The molecule has 1 atom stereocenters. The van der Waals surface area contributed by atoms with Crippen molar-refractivity contribution in [3.63, 3.8) is 0 Å². The zero-order valence-electron chi connectivity index (χ0n) is 14.9. The van der Waals surface area contributed by atoms with E-state index in [1.807, 2.05) is 27.7 Å². The molecule has 0 fully saturated rings. The highest BCUT2D eigenvalue weighted by atomic mass is 32.1. The summed E-state index contributed by atoms with van der Waals surface area (Å²) in [6.07, 6.45) is 0.211. The lowest BCUT2D eigenvalue weighted by Crippen LogP contribution is -2.35. The summed E-state index contributed by atoms with van der Waals surface area (Å²) in [5.41, 5.74) is -0.269. The van der Waals surface area contributed by atoms with Gasteiger partial charge in [0.2, 0.25) is 0 Å². The molecule has 0 radical (unpaired) electrons. The monoisotopic (exact) mass is 342 g/mol. The number of carbonyl (C=O) groups is 2. The van der Waals surface area contributed by atoms with E-state index >= 15 is 0 Å². The molecule has 1 unspecified atom stereocenters. The third-order valence-corrected chi connectivity index (χ3v) is 3.97. The summed E-state index contributed by atoms with van der Waals surface area (Å²) in [5.74, 6) is -0.119. The van der Waals surface area contributed by atoms with Gasteiger partial charge in [-0.05, 0) is 40.0 Å². The van der Waals surface area contributed by atoms with E-state index in [9.17, 15) is 9.59 Å². The maximum absolute atomic E-state index is 12.1. The van der Waals surface area contributed by atoms with Crippen molar-refractivity contribution in [2.45, 2.75) is 59.6 Å². The first-order chi connectivity index (χ1) is 10.5. The van der Waals surface area contributed by atoms with Crippen molar-refractivity contribution >= 4 is 23.4 Å². The molecule has 1 heterocycles. The van der Waals surface area contributed by atoms with Crippen LogP contribution < -0.4 is 5.32 Å². The zero-order chi connectivity index (χ0) is 17.8. The molecular weight excluding hydrogens is 316 g/mol. The second-order valence-corrected chi connectivity index (χ2v) is 8.01. The van der Waals surface area contributed by atoms with Gasteiger partial charge in [-0.2, -0.15) is 0 Å². The van der Waals surface area contributed by atoms with E-state index in [4.69, 9.17) is 9.47 Å². The van der Waals surface area contributed by atoms with Gasteiger partial charge in [0.05, 0.1) is 13.2 Å². The molecular formula is C16H26N2O4S. The highest BCUT2D eigenvalue weighted by Crippen LogP contribution is 2.28. The number of aryl methyl sites for hydroxylation is 1. The van der Waals surface area contributed by atoms with Crippen LogP contribution in [0.1, 0.15) is 67.5 Å². The summed E-state index contributed by atoms with van der Waals surface area (Å²) in [7, 11) is 1.32. The van der Waals surface area contributed by atoms with Crippen LogP contribution in [0.2, 0.25) is 0 Å². The van der Waals surface area contributed by atoms with Crippen LogP contribution in [0.4, 0.5) is 4.79 Å². The number of amides is 1. The van der Waals surface area contributed by atoms with Gasteiger partial charge in [0, 0.05) is 4.88 Å². The normalized spacial score (nSPS) is 12.9. The Labute approximate surface area is 141 Å². The molecule has 1 aromatic heterocycles. The van der Waals surface area contributed by atoms with E-state index in [0.29, 0.717) is 23.0 Å². The Hall–Kier alpha value is -1.63. The molecule has 0 aliphatic heterocycles. The third-order valence-electron chi connectivity index (χ3n) is 2.89. The zero-order valence-corrected chi connectivity index (χ0v) is 15.7. The first-order valence-electron chi connectivity index (χ1n) is 7.58. The molecule has 1 amide bonds. The summed E-state index contributed by atoms with van der Waals surface area (Å²) in [4.78, 5) is 28.9. The lowest BCUT2D eigenvalue weighted by molar-refractivity contribution is 0.0497. The Balaban J connectivity index is 2.98. The van der Waals surface area contributed by atoms with Crippen LogP contribution in [-0.2, 0) is 9.47 Å². The Kier molecular flexibility index (Phi) is 6.56. The molecule has 0 aliphatic rings. The molecule has 0 saturated heterocycles.